The highest BCUT2D eigenvalue weighted by Crippen LogP contribution is 2.38. The summed E-state index contributed by atoms with van der Waals surface area (Å²) in [5.74, 6) is -0.145. The first-order valence-electron chi connectivity index (χ1n) is 9.66. The number of hydrogen-bond acceptors (Lipinski definition) is 7. The molecule has 2 aromatic heterocycles. The molecule has 30 heavy (non-hydrogen) atoms. The molecular formula is C20H21ClN4O3S2. The van der Waals surface area contributed by atoms with E-state index in [0.29, 0.717) is 13.0 Å². The van der Waals surface area contributed by atoms with Crippen LogP contribution in [0.4, 0.5) is 0 Å². The van der Waals surface area contributed by atoms with Crippen LogP contribution in [-0.4, -0.2) is 39.6 Å². The SMILES string of the molecule is O=S(=O)(c1ccc(O)c(Cl)c1)N1CCCC1c1nnc(CCCc2cccnc2)s1. The number of rotatable bonds is 7. The van der Waals surface area contributed by atoms with Gasteiger partial charge in [-0.2, -0.15) is 4.31 Å². The van der Waals surface area contributed by atoms with Crippen LogP contribution in [0.25, 0.3) is 0 Å². The second-order valence-electron chi connectivity index (χ2n) is 7.14. The van der Waals surface area contributed by atoms with Gasteiger partial charge in [-0.15, -0.1) is 10.2 Å². The van der Waals surface area contributed by atoms with Crippen molar-refractivity contribution in [2.24, 2.45) is 0 Å². The average molecular weight is 465 g/mol. The summed E-state index contributed by atoms with van der Waals surface area (Å²) >= 11 is 7.39. The number of aryl methyl sites for hydroxylation is 2. The minimum atomic E-state index is -3.75. The number of hydrogen-bond donors (Lipinski definition) is 1. The second-order valence-corrected chi connectivity index (χ2v) is 10.5. The molecule has 1 saturated heterocycles. The van der Waals surface area contributed by atoms with Crippen molar-refractivity contribution >= 4 is 33.0 Å². The van der Waals surface area contributed by atoms with Gasteiger partial charge in [-0.25, -0.2) is 8.42 Å². The first-order valence-corrected chi connectivity index (χ1v) is 12.3. The maximum Gasteiger partial charge on any atom is 0.243 e. The third-order valence-corrected chi connectivity index (χ3v) is 8.37. The molecule has 1 aliphatic heterocycles. The molecule has 0 bridgehead atoms. The fraction of sp³-hybridized carbons (Fsp3) is 0.350. The number of pyridine rings is 1. The lowest BCUT2D eigenvalue weighted by Crippen LogP contribution is -2.30. The number of aromatic nitrogens is 3. The summed E-state index contributed by atoms with van der Waals surface area (Å²) in [7, 11) is -3.75. The molecule has 0 radical (unpaired) electrons. The minimum absolute atomic E-state index is 0.0126. The van der Waals surface area contributed by atoms with Crippen molar-refractivity contribution in [1.29, 1.82) is 0 Å². The van der Waals surface area contributed by atoms with Crippen LogP contribution in [0.15, 0.2) is 47.6 Å². The van der Waals surface area contributed by atoms with Gasteiger partial charge in [-0.3, -0.25) is 4.98 Å². The molecule has 7 nitrogen and oxygen atoms in total. The Morgan fingerprint density at radius 1 is 1.23 bits per heavy atom. The van der Waals surface area contributed by atoms with E-state index in [9.17, 15) is 13.5 Å². The summed E-state index contributed by atoms with van der Waals surface area (Å²) in [6, 6.07) is 7.60. The molecule has 0 aliphatic carbocycles. The van der Waals surface area contributed by atoms with Crippen LogP contribution in [0.5, 0.6) is 5.75 Å². The fourth-order valence-corrected chi connectivity index (χ4v) is 6.58. The maximum absolute atomic E-state index is 13.2. The number of phenolic OH excluding ortho intramolecular Hbond substituents is 1. The van der Waals surface area contributed by atoms with E-state index < -0.39 is 10.0 Å². The van der Waals surface area contributed by atoms with Gasteiger partial charge < -0.3 is 5.11 Å². The van der Waals surface area contributed by atoms with Gasteiger partial charge in [0.15, 0.2) is 0 Å². The lowest BCUT2D eigenvalue weighted by Gasteiger charge is -2.22. The maximum atomic E-state index is 13.2. The summed E-state index contributed by atoms with van der Waals surface area (Å²) in [5, 5.41) is 19.8. The zero-order valence-electron chi connectivity index (χ0n) is 16.1. The lowest BCUT2D eigenvalue weighted by molar-refractivity contribution is 0.394. The Hall–Kier alpha value is -2.07. The lowest BCUT2D eigenvalue weighted by atomic mass is 10.1. The predicted octanol–water partition coefficient (Wildman–Crippen LogP) is 3.99. The van der Waals surface area contributed by atoms with Crippen LogP contribution in [0.2, 0.25) is 5.02 Å². The van der Waals surface area contributed by atoms with Crippen LogP contribution < -0.4 is 0 Å². The van der Waals surface area contributed by atoms with Crippen LogP contribution >= 0.6 is 22.9 Å². The molecule has 3 heterocycles. The highest BCUT2D eigenvalue weighted by molar-refractivity contribution is 7.89. The molecule has 1 atom stereocenters. The zero-order valence-corrected chi connectivity index (χ0v) is 18.5. The van der Waals surface area contributed by atoms with Crippen molar-refractivity contribution in [3.8, 4) is 5.75 Å². The summed E-state index contributed by atoms with van der Waals surface area (Å²) in [4.78, 5) is 4.19. The quantitative estimate of drug-likeness (QED) is 0.567. The number of nitrogens with zero attached hydrogens (tertiary/aromatic N) is 4. The summed E-state index contributed by atoms with van der Waals surface area (Å²) < 4.78 is 27.8. The third kappa shape index (κ3) is 4.49. The molecular weight excluding hydrogens is 444 g/mol. The Bertz CT molecular complexity index is 1120. The molecule has 3 aromatic rings. The van der Waals surface area contributed by atoms with Gasteiger partial charge in [-0.1, -0.05) is 29.0 Å². The molecule has 1 N–H and O–H groups in total. The smallest absolute Gasteiger partial charge is 0.243 e. The van der Waals surface area contributed by atoms with E-state index in [1.807, 2.05) is 12.3 Å². The Balaban J connectivity index is 1.46. The normalized spacial score (nSPS) is 17.4. The van der Waals surface area contributed by atoms with Crippen molar-refractivity contribution < 1.29 is 13.5 Å². The molecule has 1 unspecified atom stereocenters. The van der Waals surface area contributed by atoms with Crippen LogP contribution in [0.3, 0.4) is 0 Å². The molecule has 0 spiro atoms. The number of aromatic hydroxyl groups is 1. The topological polar surface area (TPSA) is 96.3 Å². The first-order chi connectivity index (χ1) is 14.4. The van der Waals surface area contributed by atoms with Crippen LogP contribution in [0.1, 0.15) is 40.9 Å². The van der Waals surface area contributed by atoms with E-state index in [1.54, 1.807) is 6.20 Å². The van der Waals surface area contributed by atoms with Crippen molar-refractivity contribution in [2.45, 2.75) is 43.0 Å². The van der Waals surface area contributed by atoms with E-state index in [0.717, 1.165) is 35.7 Å². The molecule has 1 fully saturated rings. The Kier molecular flexibility index (Phi) is 6.33. The van der Waals surface area contributed by atoms with Crippen molar-refractivity contribution in [3.05, 3.63) is 63.3 Å². The molecule has 0 amide bonds. The number of phenols is 1. The predicted molar refractivity (Wildman–Crippen MR) is 115 cm³/mol. The Labute approximate surface area is 184 Å². The Morgan fingerprint density at radius 3 is 2.87 bits per heavy atom. The monoisotopic (exact) mass is 464 g/mol. The fourth-order valence-electron chi connectivity index (χ4n) is 3.55. The molecule has 4 rings (SSSR count). The first kappa shape index (κ1) is 21.2. The van der Waals surface area contributed by atoms with Crippen molar-refractivity contribution in [3.63, 3.8) is 0 Å². The van der Waals surface area contributed by atoms with Crippen LogP contribution in [0, 0.1) is 0 Å². The molecule has 10 heteroatoms. The number of halogens is 1. The summed E-state index contributed by atoms with van der Waals surface area (Å²) in [5.41, 5.74) is 1.18. The van der Waals surface area contributed by atoms with E-state index in [2.05, 4.69) is 21.2 Å². The average Bonchev–Trinajstić information content (AvgIpc) is 3.40. The molecule has 1 aliphatic rings. The van der Waals surface area contributed by atoms with Crippen molar-refractivity contribution in [1.82, 2.24) is 19.5 Å². The Morgan fingerprint density at radius 2 is 2.10 bits per heavy atom. The number of sulfonamides is 1. The van der Waals surface area contributed by atoms with E-state index in [-0.39, 0.29) is 21.7 Å². The highest BCUT2D eigenvalue weighted by atomic mass is 35.5. The van der Waals surface area contributed by atoms with Gasteiger partial charge in [-0.05, 0) is 55.5 Å². The van der Waals surface area contributed by atoms with Gasteiger partial charge >= 0.3 is 0 Å². The van der Waals surface area contributed by atoms with E-state index >= 15 is 0 Å². The number of benzene rings is 1. The molecule has 1 aromatic carbocycles. The van der Waals surface area contributed by atoms with Crippen LogP contribution in [-0.2, 0) is 22.9 Å². The van der Waals surface area contributed by atoms with Gasteiger partial charge in [0.2, 0.25) is 10.0 Å². The third-order valence-electron chi connectivity index (χ3n) is 5.08. The van der Waals surface area contributed by atoms with E-state index in [1.165, 1.54) is 39.4 Å². The highest BCUT2D eigenvalue weighted by Gasteiger charge is 2.38. The summed E-state index contributed by atoms with van der Waals surface area (Å²) in [6.07, 6.45) is 7.71. The second kappa shape index (κ2) is 8.97. The zero-order chi connectivity index (χ0) is 21.1. The van der Waals surface area contributed by atoms with Gasteiger partial charge in [0.25, 0.3) is 0 Å². The van der Waals surface area contributed by atoms with Gasteiger partial charge in [0, 0.05) is 25.4 Å². The largest absolute Gasteiger partial charge is 0.506 e. The molecule has 158 valence electrons. The molecule has 0 saturated carbocycles. The van der Waals surface area contributed by atoms with Crippen molar-refractivity contribution in [2.75, 3.05) is 6.54 Å². The van der Waals surface area contributed by atoms with Gasteiger partial charge in [0.05, 0.1) is 16.0 Å². The van der Waals surface area contributed by atoms with E-state index in [4.69, 9.17) is 11.6 Å². The standard InChI is InChI=1S/C20H21ClN4O3S2/c21-16-12-15(8-9-18(16)26)30(27,28)25-11-3-6-17(25)20-24-23-19(29-20)7-1-4-14-5-2-10-22-13-14/h2,5,8-10,12-13,17,26H,1,3-4,6-7,11H2. The summed E-state index contributed by atoms with van der Waals surface area (Å²) in [6.45, 7) is 0.418. The minimum Gasteiger partial charge on any atom is -0.506 e. The van der Waals surface area contributed by atoms with Gasteiger partial charge in [0.1, 0.15) is 15.8 Å².